The molecule has 0 unspecified atom stereocenters. The van der Waals surface area contributed by atoms with Crippen LogP contribution in [-0.2, 0) is 6.61 Å². The van der Waals surface area contributed by atoms with E-state index in [1.54, 1.807) is 12.3 Å². The Morgan fingerprint density at radius 1 is 1.06 bits per heavy atom. The first-order chi connectivity index (χ1) is 8.54. The van der Waals surface area contributed by atoms with E-state index >= 15 is 0 Å². The summed E-state index contributed by atoms with van der Waals surface area (Å²) in [6.45, 7) is 4.46. The number of halogens is 2. The molecular formula is C14H13Cl2NO. The van der Waals surface area contributed by atoms with Gasteiger partial charge in [-0.15, -0.1) is 0 Å². The molecule has 2 aromatic rings. The highest BCUT2D eigenvalue weighted by atomic mass is 35.5. The van der Waals surface area contributed by atoms with Crippen LogP contribution in [0.4, 0.5) is 0 Å². The number of benzene rings is 1. The van der Waals surface area contributed by atoms with Crippen molar-refractivity contribution in [3.8, 4) is 5.75 Å². The van der Waals surface area contributed by atoms with E-state index in [1.165, 1.54) is 11.1 Å². The quantitative estimate of drug-likeness (QED) is 0.768. The van der Waals surface area contributed by atoms with Crippen molar-refractivity contribution in [1.29, 1.82) is 0 Å². The van der Waals surface area contributed by atoms with Gasteiger partial charge in [0.15, 0.2) is 0 Å². The maximum atomic E-state index is 6.05. The molecule has 4 heteroatoms. The highest BCUT2D eigenvalue weighted by Gasteiger charge is 2.04. The predicted octanol–water partition coefficient (Wildman–Crippen LogP) is 4.58. The van der Waals surface area contributed by atoms with Gasteiger partial charge in [-0.1, -0.05) is 29.3 Å². The van der Waals surface area contributed by atoms with Crippen LogP contribution in [0.15, 0.2) is 30.5 Å². The van der Waals surface area contributed by atoms with Gasteiger partial charge in [0.25, 0.3) is 0 Å². The minimum Gasteiger partial charge on any atom is -0.489 e. The molecule has 1 aromatic carbocycles. The fraction of sp³-hybridized carbons (Fsp3) is 0.214. The lowest BCUT2D eigenvalue weighted by atomic mass is 10.1. The first kappa shape index (κ1) is 13.2. The van der Waals surface area contributed by atoms with Crippen molar-refractivity contribution >= 4 is 23.2 Å². The van der Waals surface area contributed by atoms with Crippen LogP contribution in [0.1, 0.15) is 16.7 Å². The van der Waals surface area contributed by atoms with Gasteiger partial charge in [-0.05, 0) is 43.2 Å². The third-order valence-corrected chi connectivity index (χ3v) is 3.04. The molecule has 0 aliphatic carbocycles. The van der Waals surface area contributed by atoms with E-state index in [1.807, 2.05) is 26.0 Å². The summed E-state index contributed by atoms with van der Waals surface area (Å²) in [6, 6.07) is 7.70. The van der Waals surface area contributed by atoms with Crippen LogP contribution in [0, 0.1) is 13.8 Å². The van der Waals surface area contributed by atoms with Gasteiger partial charge in [0.05, 0.1) is 5.02 Å². The van der Waals surface area contributed by atoms with Gasteiger partial charge in [-0.3, -0.25) is 0 Å². The van der Waals surface area contributed by atoms with Crippen LogP contribution in [0.2, 0.25) is 10.2 Å². The summed E-state index contributed by atoms with van der Waals surface area (Å²) in [6.07, 6.45) is 1.63. The number of hydrogen-bond acceptors (Lipinski definition) is 2. The molecule has 0 atom stereocenters. The number of ether oxygens (including phenoxy) is 1. The van der Waals surface area contributed by atoms with Crippen LogP contribution in [-0.4, -0.2) is 4.98 Å². The Morgan fingerprint density at radius 3 is 2.33 bits per heavy atom. The number of aryl methyl sites for hydroxylation is 2. The first-order valence-corrected chi connectivity index (χ1v) is 6.31. The number of aromatic nitrogens is 1. The molecule has 0 aliphatic heterocycles. The minimum atomic E-state index is 0.381. The maximum Gasteiger partial charge on any atom is 0.130 e. The van der Waals surface area contributed by atoms with Crippen molar-refractivity contribution in [3.63, 3.8) is 0 Å². The Balaban J connectivity index is 2.11. The Morgan fingerprint density at radius 2 is 1.72 bits per heavy atom. The summed E-state index contributed by atoms with van der Waals surface area (Å²) in [4.78, 5) is 3.99. The molecule has 0 saturated carbocycles. The van der Waals surface area contributed by atoms with Crippen LogP contribution < -0.4 is 4.74 Å². The second-order valence-corrected chi connectivity index (χ2v) is 5.00. The number of pyridine rings is 1. The molecule has 0 bridgehead atoms. The van der Waals surface area contributed by atoms with E-state index < -0.39 is 0 Å². The molecule has 1 aromatic heterocycles. The van der Waals surface area contributed by atoms with Crippen molar-refractivity contribution in [2.24, 2.45) is 0 Å². The largest absolute Gasteiger partial charge is 0.489 e. The summed E-state index contributed by atoms with van der Waals surface area (Å²) in [5.41, 5.74) is 3.16. The van der Waals surface area contributed by atoms with Crippen molar-refractivity contribution in [1.82, 2.24) is 4.98 Å². The highest BCUT2D eigenvalue weighted by Crippen LogP contribution is 2.22. The Kier molecular flexibility index (Phi) is 4.10. The number of nitrogens with zero attached hydrogens (tertiary/aromatic N) is 1. The molecule has 0 radical (unpaired) electrons. The van der Waals surface area contributed by atoms with Crippen LogP contribution >= 0.6 is 23.2 Å². The van der Waals surface area contributed by atoms with E-state index in [4.69, 9.17) is 27.9 Å². The molecule has 1 heterocycles. The van der Waals surface area contributed by atoms with Gasteiger partial charge >= 0.3 is 0 Å². The van der Waals surface area contributed by atoms with E-state index in [0.717, 1.165) is 11.3 Å². The molecule has 0 fully saturated rings. The predicted molar refractivity (Wildman–Crippen MR) is 74.5 cm³/mol. The zero-order valence-corrected chi connectivity index (χ0v) is 11.7. The number of rotatable bonds is 3. The summed E-state index contributed by atoms with van der Waals surface area (Å²) in [5.74, 6) is 0.832. The fourth-order valence-electron chi connectivity index (χ4n) is 1.72. The van der Waals surface area contributed by atoms with Gasteiger partial charge in [0.1, 0.15) is 17.5 Å². The van der Waals surface area contributed by atoms with Gasteiger partial charge in [-0.2, -0.15) is 0 Å². The van der Waals surface area contributed by atoms with Crippen molar-refractivity contribution in [2.75, 3.05) is 0 Å². The maximum absolute atomic E-state index is 6.05. The third kappa shape index (κ3) is 3.37. The lowest BCUT2D eigenvalue weighted by Crippen LogP contribution is -1.98. The molecule has 0 amide bonds. The molecule has 18 heavy (non-hydrogen) atoms. The molecule has 0 spiro atoms. The molecule has 0 N–H and O–H groups in total. The first-order valence-electron chi connectivity index (χ1n) is 5.55. The summed E-state index contributed by atoms with van der Waals surface area (Å²) in [7, 11) is 0. The number of hydrogen-bond donors (Lipinski definition) is 0. The van der Waals surface area contributed by atoms with Gasteiger partial charge < -0.3 is 4.74 Å². The Bertz CT molecular complexity index is 549. The summed E-state index contributed by atoms with van der Waals surface area (Å²) in [5, 5.41) is 0.953. The van der Waals surface area contributed by atoms with Crippen LogP contribution in [0.5, 0.6) is 5.75 Å². The molecule has 0 saturated heterocycles. The molecule has 2 nitrogen and oxygen atoms in total. The second kappa shape index (κ2) is 5.59. The van der Waals surface area contributed by atoms with Gasteiger partial charge in [-0.25, -0.2) is 4.98 Å². The lowest BCUT2D eigenvalue weighted by molar-refractivity contribution is 0.305. The highest BCUT2D eigenvalue weighted by molar-refractivity contribution is 6.34. The smallest absolute Gasteiger partial charge is 0.130 e. The third-order valence-electron chi connectivity index (χ3n) is 2.49. The topological polar surface area (TPSA) is 22.1 Å². The minimum absolute atomic E-state index is 0.381. The lowest BCUT2D eigenvalue weighted by Gasteiger charge is -2.09. The van der Waals surface area contributed by atoms with Crippen LogP contribution in [0.25, 0.3) is 0 Å². The zero-order chi connectivity index (χ0) is 13.1. The molecular weight excluding hydrogens is 269 g/mol. The van der Waals surface area contributed by atoms with Gasteiger partial charge in [0.2, 0.25) is 0 Å². The standard InChI is InChI=1S/C14H13Cl2NO/c1-9-3-10(2)5-12(4-9)18-8-11-7-17-14(16)6-13(11)15/h3-7H,8H2,1-2H3. The second-order valence-electron chi connectivity index (χ2n) is 4.21. The normalized spacial score (nSPS) is 10.4. The van der Waals surface area contributed by atoms with E-state index in [9.17, 15) is 0 Å². The Hall–Kier alpha value is -1.25. The van der Waals surface area contributed by atoms with Gasteiger partial charge in [0, 0.05) is 11.8 Å². The van der Waals surface area contributed by atoms with E-state index in [2.05, 4.69) is 11.1 Å². The molecule has 2 rings (SSSR count). The van der Waals surface area contributed by atoms with Crippen molar-refractivity contribution in [2.45, 2.75) is 20.5 Å². The molecule has 94 valence electrons. The average Bonchev–Trinajstić information content (AvgIpc) is 2.26. The summed E-state index contributed by atoms with van der Waals surface area (Å²) >= 11 is 11.8. The monoisotopic (exact) mass is 281 g/mol. The average molecular weight is 282 g/mol. The van der Waals surface area contributed by atoms with E-state index in [0.29, 0.717) is 16.8 Å². The molecule has 0 aliphatic rings. The SMILES string of the molecule is Cc1cc(C)cc(OCc2cnc(Cl)cc2Cl)c1. The Labute approximate surface area is 117 Å². The van der Waals surface area contributed by atoms with Crippen molar-refractivity contribution < 1.29 is 4.74 Å². The summed E-state index contributed by atoms with van der Waals surface area (Å²) < 4.78 is 5.71. The van der Waals surface area contributed by atoms with E-state index in [-0.39, 0.29) is 0 Å². The van der Waals surface area contributed by atoms with Crippen LogP contribution in [0.3, 0.4) is 0 Å². The zero-order valence-electron chi connectivity index (χ0n) is 10.2. The van der Waals surface area contributed by atoms with Crippen molar-refractivity contribution in [3.05, 3.63) is 57.3 Å². The fourth-order valence-corrected chi connectivity index (χ4v) is 2.14.